The number of benzene rings is 1. The fourth-order valence-electron chi connectivity index (χ4n) is 1.05. The summed E-state index contributed by atoms with van der Waals surface area (Å²) in [5.41, 5.74) is 0.890. The fourth-order valence-corrected chi connectivity index (χ4v) is 1.05. The van der Waals surface area contributed by atoms with Crippen LogP contribution in [0.4, 0.5) is 8.78 Å². The van der Waals surface area contributed by atoms with Crippen LogP contribution < -0.4 is 0 Å². The van der Waals surface area contributed by atoms with Gasteiger partial charge in [-0.2, -0.15) is 0 Å². The summed E-state index contributed by atoms with van der Waals surface area (Å²) in [5.74, 6) is 0. The maximum Gasteiger partial charge on any atom is 0.241 e. The Labute approximate surface area is 81.7 Å². The first-order valence-corrected chi connectivity index (χ1v) is 4.38. The Bertz CT molecular complexity index is 283. The molecule has 0 aliphatic carbocycles. The zero-order valence-electron chi connectivity index (χ0n) is 7.61. The Kier molecular flexibility index (Phi) is 4.26. The summed E-state index contributed by atoms with van der Waals surface area (Å²) in [5, 5.41) is 9.11. The molecule has 1 atom stereocenters. The van der Waals surface area contributed by atoms with Crippen LogP contribution in [-0.2, 0) is 0 Å². The van der Waals surface area contributed by atoms with Crippen molar-refractivity contribution in [2.75, 3.05) is 0 Å². The molecule has 0 saturated carbocycles. The summed E-state index contributed by atoms with van der Waals surface area (Å²) in [6, 6.07) is 9.24. The largest absolute Gasteiger partial charge is 0.389 e. The fraction of sp³-hybridized carbons (Fsp3) is 0.273. The summed E-state index contributed by atoms with van der Waals surface area (Å²) < 4.78 is 23.6. The van der Waals surface area contributed by atoms with E-state index in [-0.39, 0.29) is 0 Å². The molecule has 1 unspecified atom stereocenters. The molecule has 0 heterocycles. The van der Waals surface area contributed by atoms with Crippen LogP contribution in [0.1, 0.15) is 12.0 Å². The van der Waals surface area contributed by atoms with Crippen molar-refractivity contribution in [2.24, 2.45) is 0 Å². The number of aliphatic hydroxyl groups excluding tert-OH is 1. The lowest BCUT2D eigenvalue weighted by molar-refractivity contribution is 0.0825. The Hall–Kier alpha value is -1.22. The first-order chi connectivity index (χ1) is 6.68. The van der Waals surface area contributed by atoms with E-state index in [0.717, 1.165) is 5.56 Å². The molecule has 0 aliphatic heterocycles. The van der Waals surface area contributed by atoms with E-state index in [1.807, 2.05) is 30.3 Å². The van der Waals surface area contributed by atoms with Crippen molar-refractivity contribution in [1.29, 1.82) is 0 Å². The predicted octanol–water partition coefficient (Wildman–Crippen LogP) is 2.72. The van der Waals surface area contributed by atoms with Crippen molar-refractivity contribution < 1.29 is 13.9 Å². The summed E-state index contributed by atoms with van der Waals surface area (Å²) in [4.78, 5) is 0. The summed E-state index contributed by atoms with van der Waals surface area (Å²) >= 11 is 0. The minimum Gasteiger partial charge on any atom is -0.389 e. The molecule has 1 rings (SSSR count). The number of alkyl halides is 2. The standard InChI is InChI=1S/C11H12F2O/c12-11(13)8-10(14)7-6-9-4-2-1-3-5-9/h1-7,10-11,14H,8H2/b7-6+. The van der Waals surface area contributed by atoms with Crippen LogP contribution >= 0.6 is 0 Å². The Morgan fingerprint density at radius 3 is 2.43 bits per heavy atom. The molecule has 0 spiro atoms. The van der Waals surface area contributed by atoms with Gasteiger partial charge in [-0.15, -0.1) is 0 Å². The third kappa shape index (κ3) is 4.14. The van der Waals surface area contributed by atoms with Crippen molar-refractivity contribution in [2.45, 2.75) is 19.0 Å². The molecule has 1 aromatic carbocycles. The van der Waals surface area contributed by atoms with Crippen LogP contribution in [0.25, 0.3) is 6.08 Å². The van der Waals surface area contributed by atoms with Gasteiger partial charge in [-0.3, -0.25) is 0 Å². The quantitative estimate of drug-likeness (QED) is 0.788. The van der Waals surface area contributed by atoms with Gasteiger partial charge in [0.15, 0.2) is 0 Å². The average Bonchev–Trinajstić information content (AvgIpc) is 2.15. The molecule has 0 amide bonds. The molecule has 76 valence electrons. The molecular formula is C11H12F2O. The second-order valence-electron chi connectivity index (χ2n) is 2.96. The van der Waals surface area contributed by atoms with Crippen LogP contribution in [0.2, 0.25) is 0 Å². The zero-order valence-corrected chi connectivity index (χ0v) is 7.61. The van der Waals surface area contributed by atoms with E-state index in [1.54, 1.807) is 6.08 Å². The van der Waals surface area contributed by atoms with E-state index in [9.17, 15) is 8.78 Å². The van der Waals surface area contributed by atoms with Crippen LogP contribution in [0.5, 0.6) is 0 Å². The molecule has 0 fully saturated rings. The van der Waals surface area contributed by atoms with Gasteiger partial charge in [-0.25, -0.2) is 8.78 Å². The van der Waals surface area contributed by atoms with E-state index in [2.05, 4.69) is 0 Å². The summed E-state index contributed by atoms with van der Waals surface area (Å²) in [7, 11) is 0. The molecular weight excluding hydrogens is 186 g/mol. The van der Waals surface area contributed by atoms with Gasteiger partial charge >= 0.3 is 0 Å². The molecule has 0 saturated heterocycles. The molecule has 0 radical (unpaired) electrons. The number of aliphatic hydroxyl groups is 1. The van der Waals surface area contributed by atoms with E-state index >= 15 is 0 Å². The van der Waals surface area contributed by atoms with Gasteiger partial charge in [0.1, 0.15) is 0 Å². The van der Waals surface area contributed by atoms with Gasteiger partial charge in [-0.05, 0) is 5.56 Å². The van der Waals surface area contributed by atoms with Crippen molar-refractivity contribution in [3.63, 3.8) is 0 Å². The second-order valence-corrected chi connectivity index (χ2v) is 2.96. The van der Waals surface area contributed by atoms with Crippen LogP contribution in [-0.4, -0.2) is 17.6 Å². The molecule has 14 heavy (non-hydrogen) atoms. The monoisotopic (exact) mass is 198 g/mol. The van der Waals surface area contributed by atoms with Crippen LogP contribution in [0.3, 0.4) is 0 Å². The lowest BCUT2D eigenvalue weighted by Crippen LogP contribution is -2.07. The number of hydrogen-bond donors (Lipinski definition) is 1. The van der Waals surface area contributed by atoms with Crippen molar-refractivity contribution in [3.05, 3.63) is 42.0 Å². The lowest BCUT2D eigenvalue weighted by atomic mass is 10.1. The van der Waals surface area contributed by atoms with Crippen molar-refractivity contribution in [1.82, 2.24) is 0 Å². The normalized spacial score (nSPS) is 13.7. The zero-order chi connectivity index (χ0) is 10.4. The minimum absolute atomic E-state index is 0.511. The van der Waals surface area contributed by atoms with Gasteiger partial charge < -0.3 is 5.11 Å². The summed E-state index contributed by atoms with van der Waals surface area (Å²) in [6.45, 7) is 0. The van der Waals surface area contributed by atoms with Crippen LogP contribution in [0.15, 0.2) is 36.4 Å². The van der Waals surface area contributed by atoms with Gasteiger partial charge in [0, 0.05) is 6.42 Å². The highest BCUT2D eigenvalue weighted by Crippen LogP contribution is 2.07. The SMILES string of the molecule is OC(/C=C/c1ccccc1)CC(F)F. The van der Waals surface area contributed by atoms with Crippen molar-refractivity contribution in [3.8, 4) is 0 Å². The molecule has 0 aliphatic rings. The van der Waals surface area contributed by atoms with Crippen LogP contribution in [0, 0.1) is 0 Å². The van der Waals surface area contributed by atoms with E-state index < -0.39 is 19.0 Å². The Balaban J connectivity index is 2.48. The first kappa shape index (κ1) is 10.9. The summed E-state index contributed by atoms with van der Waals surface area (Å²) in [6.07, 6.45) is -1.04. The second kappa shape index (κ2) is 5.50. The van der Waals surface area contributed by atoms with E-state index in [0.29, 0.717) is 0 Å². The van der Waals surface area contributed by atoms with E-state index in [4.69, 9.17) is 5.11 Å². The molecule has 1 aromatic rings. The average molecular weight is 198 g/mol. The third-order valence-electron chi connectivity index (χ3n) is 1.73. The van der Waals surface area contributed by atoms with Gasteiger partial charge in [0.2, 0.25) is 6.43 Å². The van der Waals surface area contributed by atoms with Gasteiger partial charge in [0.05, 0.1) is 6.10 Å². The number of halogens is 2. The highest BCUT2D eigenvalue weighted by Gasteiger charge is 2.08. The highest BCUT2D eigenvalue weighted by atomic mass is 19.3. The topological polar surface area (TPSA) is 20.2 Å². The number of hydrogen-bond acceptors (Lipinski definition) is 1. The molecule has 1 nitrogen and oxygen atoms in total. The highest BCUT2D eigenvalue weighted by molar-refractivity contribution is 5.49. The third-order valence-corrected chi connectivity index (χ3v) is 1.73. The Morgan fingerprint density at radius 1 is 1.21 bits per heavy atom. The molecule has 0 aromatic heterocycles. The van der Waals surface area contributed by atoms with E-state index in [1.165, 1.54) is 6.08 Å². The molecule has 1 N–H and O–H groups in total. The minimum atomic E-state index is -2.47. The molecule has 3 heteroatoms. The maximum absolute atomic E-state index is 11.8. The smallest absolute Gasteiger partial charge is 0.241 e. The van der Waals surface area contributed by atoms with Gasteiger partial charge in [0.25, 0.3) is 0 Å². The number of rotatable bonds is 4. The maximum atomic E-state index is 11.8. The molecule has 0 bridgehead atoms. The Morgan fingerprint density at radius 2 is 1.86 bits per heavy atom. The predicted molar refractivity (Wildman–Crippen MR) is 52.1 cm³/mol. The van der Waals surface area contributed by atoms with Gasteiger partial charge in [-0.1, -0.05) is 42.5 Å². The van der Waals surface area contributed by atoms with Crippen molar-refractivity contribution >= 4 is 6.08 Å². The first-order valence-electron chi connectivity index (χ1n) is 4.38. The lowest BCUT2D eigenvalue weighted by Gasteiger charge is -2.03.